The van der Waals surface area contributed by atoms with E-state index < -0.39 is 5.60 Å². The number of hydrogen-bond donors (Lipinski definition) is 0. The number of esters is 1. The fourth-order valence-corrected chi connectivity index (χ4v) is 3.64. The molecule has 0 N–H and O–H groups in total. The average molecular weight is 346 g/mol. The molecule has 1 spiro atoms. The summed E-state index contributed by atoms with van der Waals surface area (Å²) in [5.74, 6) is -0.300. The normalized spacial score (nSPS) is 19.1. The molecule has 2 aliphatic heterocycles. The summed E-state index contributed by atoms with van der Waals surface area (Å²) in [6.45, 7) is 9.72. The number of carbonyl (C=O) groups excluding carboxylic acids is 2. The van der Waals surface area contributed by atoms with Crippen LogP contribution in [-0.4, -0.2) is 60.8 Å². The first-order valence-electron chi connectivity index (χ1n) is 8.58. The number of carbonyl (C=O) groups is 2. The number of amides is 1. The number of nitrogens with zero attached hydrogens (tertiary/aromatic N) is 2. The van der Waals surface area contributed by atoms with E-state index in [0.29, 0.717) is 5.56 Å². The highest BCUT2D eigenvalue weighted by molar-refractivity contribution is 5.90. The average Bonchev–Trinajstić information content (AvgIpc) is 2.46. The van der Waals surface area contributed by atoms with Crippen LogP contribution in [0.25, 0.3) is 0 Å². The summed E-state index contributed by atoms with van der Waals surface area (Å²) in [6.07, 6.45) is -0.229. The van der Waals surface area contributed by atoms with Gasteiger partial charge in [-0.05, 0) is 32.4 Å². The van der Waals surface area contributed by atoms with Gasteiger partial charge in [0.15, 0.2) is 0 Å². The van der Waals surface area contributed by atoms with Gasteiger partial charge in [0.1, 0.15) is 5.60 Å². The molecule has 0 aromatic heterocycles. The summed E-state index contributed by atoms with van der Waals surface area (Å²) in [5, 5.41) is 0. The van der Waals surface area contributed by atoms with Crippen LogP contribution in [-0.2, 0) is 16.0 Å². The lowest BCUT2D eigenvalue weighted by molar-refractivity contribution is -0.115. The van der Waals surface area contributed by atoms with Crippen LogP contribution in [0.3, 0.4) is 0 Å². The van der Waals surface area contributed by atoms with Crippen molar-refractivity contribution in [2.75, 3.05) is 33.3 Å². The van der Waals surface area contributed by atoms with Gasteiger partial charge in [0, 0.05) is 38.1 Å². The standard InChI is InChI=1S/C19H26N2O4/c1-18(2,3)25-17(23)21-12-19(13-21)10-20(11-19)9-14-7-5-6-8-15(14)16(22)24-4/h5-8H,9-13H2,1-4H3. The molecule has 0 atom stereocenters. The second-order valence-electron chi connectivity index (χ2n) is 8.13. The van der Waals surface area contributed by atoms with E-state index in [1.165, 1.54) is 7.11 Å². The van der Waals surface area contributed by atoms with E-state index >= 15 is 0 Å². The van der Waals surface area contributed by atoms with E-state index in [1.54, 1.807) is 11.0 Å². The van der Waals surface area contributed by atoms with Crippen molar-refractivity contribution in [2.24, 2.45) is 5.41 Å². The summed E-state index contributed by atoms with van der Waals surface area (Å²) >= 11 is 0. The van der Waals surface area contributed by atoms with E-state index in [0.717, 1.165) is 38.3 Å². The number of benzene rings is 1. The lowest BCUT2D eigenvalue weighted by Gasteiger charge is -2.60. The monoisotopic (exact) mass is 346 g/mol. The lowest BCUT2D eigenvalue weighted by atomic mass is 9.73. The van der Waals surface area contributed by atoms with Crippen LogP contribution in [0.4, 0.5) is 4.79 Å². The van der Waals surface area contributed by atoms with Gasteiger partial charge in [-0.25, -0.2) is 9.59 Å². The zero-order valence-electron chi connectivity index (χ0n) is 15.4. The molecule has 0 aliphatic carbocycles. The first-order valence-corrected chi connectivity index (χ1v) is 8.58. The van der Waals surface area contributed by atoms with Crippen LogP contribution in [0.2, 0.25) is 0 Å². The van der Waals surface area contributed by atoms with Gasteiger partial charge in [0.05, 0.1) is 12.7 Å². The number of hydrogen-bond acceptors (Lipinski definition) is 5. The largest absolute Gasteiger partial charge is 0.465 e. The predicted octanol–water partition coefficient (Wildman–Crippen LogP) is 2.53. The van der Waals surface area contributed by atoms with E-state index in [9.17, 15) is 9.59 Å². The van der Waals surface area contributed by atoms with Crippen LogP contribution in [0.1, 0.15) is 36.7 Å². The summed E-state index contributed by atoms with van der Waals surface area (Å²) in [4.78, 5) is 28.0. The van der Waals surface area contributed by atoms with Crippen LogP contribution >= 0.6 is 0 Å². The Labute approximate surface area is 148 Å². The lowest BCUT2D eigenvalue weighted by Crippen LogP contribution is -2.72. The molecular weight excluding hydrogens is 320 g/mol. The highest BCUT2D eigenvalue weighted by atomic mass is 16.6. The van der Waals surface area contributed by atoms with Crippen molar-refractivity contribution in [1.82, 2.24) is 9.80 Å². The number of likely N-dealkylation sites (tertiary alicyclic amines) is 2. The Morgan fingerprint density at radius 3 is 2.36 bits per heavy atom. The van der Waals surface area contributed by atoms with Crippen LogP contribution in [0, 0.1) is 5.41 Å². The number of methoxy groups -OCH3 is 1. The zero-order chi connectivity index (χ0) is 18.2. The van der Waals surface area contributed by atoms with Gasteiger partial charge in [0.25, 0.3) is 0 Å². The van der Waals surface area contributed by atoms with Crippen molar-refractivity contribution in [3.05, 3.63) is 35.4 Å². The molecule has 2 saturated heterocycles. The molecule has 6 nitrogen and oxygen atoms in total. The van der Waals surface area contributed by atoms with Gasteiger partial charge in [-0.15, -0.1) is 0 Å². The minimum Gasteiger partial charge on any atom is -0.465 e. The first-order chi connectivity index (χ1) is 11.7. The molecule has 1 amide bonds. The molecule has 6 heteroatoms. The van der Waals surface area contributed by atoms with Gasteiger partial charge < -0.3 is 14.4 Å². The minimum atomic E-state index is -0.455. The molecule has 25 heavy (non-hydrogen) atoms. The second-order valence-corrected chi connectivity index (χ2v) is 8.13. The molecular formula is C19H26N2O4. The Morgan fingerprint density at radius 2 is 1.76 bits per heavy atom. The molecule has 0 unspecified atom stereocenters. The molecule has 136 valence electrons. The topological polar surface area (TPSA) is 59.1 Å². The summed E-state index contributed by atoms with van der Waals surface area (Å²) in [7, 11) is 1.40. The van der Waals surface area contributed by atoms with Gasteiger partial charge in [-0.3, -0.25) is 4.90 Å². The SMILES string of the molecule is COC(=O)c1ccccc1CN1CC2(C1)CN(C(=O)OC(C)(C)C)C2. The zero-order valence-corrected chi connectivity index (χ0v) is 15.4. The molecule has 0 saturated carbocycles. The third kappa shape index (κ3) is 3.79. The number of rotatable bonds is 3. The maximum absolute atomic E-state index is 12.0. The fourth-order valence-electron chi connectivity index (χ4n) is 3.64. The van der Waals surface area contributed by atoms with E-state index in [-0.39, 0.29) is 17.5 Å². The highest BCUT2D eigenvalue weighted by Gasteiger charge is 2.53. The Bertz CT molecular complexity index is 666. The Balaban J connectivity index is 1.50. The fraction of sp³-hybridized carbons (Fsp3) is 0.579. The molecule has 0 bridgehead atoms. The highest BCUT2D eigenvalue weighted by Crippen LogP contribution is 2.41. The maximum atomic E-state index is 12.0. The summed E-state index contributed by atoms with van der Waals surface area (Å²) < 4.78 is 10.3. The van der Waals surface area contributed by atoms with Crippen molar-refractivity contribution >= 4 is 12.1 Å². The van der Waals surface area contributed by atoms with Crippen molar-refractivity contribution < 1.29 is 19.1 Å². The van der Waals surface area contributed by atoms with Gasteiger partial charge in [-0.2, -0.15) is 0 Å². The summed E-state index contributed by atoms with van der Waals surface area (Å²) in [6, 6.07) is 7.54. The first kappa shape index (κ1) is 17.7. The van der Waals surface area contributed by atoms with Crippen LogP contribution in [0.5, 0.6) is 0 Å². The molecule has 2 fully saturated rings. The Morgan fingerprint density at radius 1 is 1.12 bits per heavy atom. The van der Waals surface area contributed by atoms with E-state index in [2.05, 4.69) is 4.90 Å². The minimum absolute atomic E-state index is 0.192. The predicted molar refractivity (Wildman–Crippen MR) is 93.3 cm³/mol. The van der Waals surface area contributed by atoms with Crippen molar-refractivity contribution in [3.63, 3.8) is 0 Å². The third-order valence-electron chi connectivity index (χ3n) is 4.64. The Kier molecular flexibility index (Phi) is 4.49. The van der Waals surface area contributed by atoms with Gasteiger partial charge >= 0.3 is 12.1 Å². The molecule has 1 aromatic carbocycles. The van der Waals surface area contributed by atoms with Crippen molar-refractivity contribution in [3.8, 4) is 0 Å². The Hall–Kier alpha value is -2.08. The molecule has 0 radical (unpaired) electrons. The van der Waals surface area contributed by atoms with Crippen LogP contribution < -0.4 is 0 Å². The quantitative estimate of drug-likeness (QED) is 0.787. The van der Waals surface area contributed by atoms with Gasteiger partial charge in [0.2, 0.25) is 0 Å². The second kappa shape index (κ2) is 6.33. The van der Waals surface area contributed by atoms with Gasteiger partial charge in [-0.1, -0.05) is 18.2 Å². The summed E-state index contributed by atoms with van der Waals surface area (Å²) in [5.41, 5.74) is 1.34. The molecule has 1 aromatic rings. The smallest absolute Gasteiger partial charge is 0.410 e. The molecule has 2 aliphatic rings. The van der Waals surface area contributed by atoms with E-state index in [4.69, 9.17) is 9.47 Å². The van der Waals surface area contributed by atoms with Crippen molar-refractivity contribution in [1.29, 1.82) is 0 Å². The maximum Gasteiger partial charge on any atom is 0.410 e. The third-order valence-corrected chi connectivity index (χ3v) is 4.64. The van der Waals surface area contributed by atoms with Crippen LogP contribution in [0.15, 0.2) is 24.3 Å². The van der Waals surface area contributed by atoms with Crippen molar-refractivity contribution in [2.45, 2.75) is 32.9 Å². The number of ether oxygens (including phenoxy) is 2. The molecule has 2 heterocycles. The van der Waals surface area contributed by atoms with E-state index in [1.807, 2.05) is 39.0 Å². The molecule has 3 rings (SSSR count).